The van der Waals surface area contributed by atoms with Crippen LogP contribution in [0.25, 0.3) is 0 Å². The van der Waals surface area contributed by atoms with Crippen LogP contribution in [-0.2, 0) is 4.74 Å². The van der Waals surface area contributed by atoms with Crippen molar-refractivity contribution in [2.24, 2.45) is 0 Å². The van der Waals surface area contributed by atoms with Crippen molar-refractivity contribution in [1.82, 2.24) is 0 Å². The number of ether oxygens (including phenoxy) is 1. The Morgan fingerprint density at radius 3 is 1.63 bits per heavy atom. The average molecular weight is 286 g/mol. The van der Waals surface area contributed by atoms with Crippen LogP contribution in [0.3, 0.4) is 0 Å². The maximum Gasteiger partial charge on any atom is 0.416 e. The normalized spacial score (nSPS) is 12.3. The molecule has 0 rings (SSSR count). The fraction of sp³-hybridized carbons (Fsp3) is 1.00. The molecule has 19 heavy (non-hydrogen) atoms. The smallest absolute Gasteiger partial charge is 0.316 e. The lowest BCUT2D eigenvalue weighted by molar-refractivity contribution is -0.300. The number of unbranched alkanes of at least 4 members (excludes halogenated alkanes) is 9. The Labute approximate surface area is 113 Å². The number of halogens is 4. The lowest BCUT2D eigenvalue weighted by Crippen LogP contribution is -2.30. The molecule has 0 bridgehead atoms. The summed E-state index contributed by atoms with van der Waals surface area (Å²) in [6.07, 6.45) is 2.64. The Kier molecular flexibility index (Phi) is 11.3. The summed E-state index contributed by atoms with van der Waals surface area (Å²) in [5.41, 5.74) is 0. The molecule has 0 aromatic carbocycles. The molecule has 0 aliphatic heterocycles. The predicted octanol–water partition coefficient (Wildman–Crippen LogP) is 5.78. The van der Waals surface area contributed by atoms with Crippen LogP contribution in [-0.4, -0.2) is 19.1 Å². The molecule has 0 N–H and O–H groups in total. The average Bonchev–Trinajstić information content (AvgIpc) is 2.35. The standard InChI is InChI=1S/C14H26F4O/c1-2-3-4-5-6-7-8-9-10-11-12-19-14(17,18)13(15)16/h13H,2-12H2,1H3. The minimum Gasteiger partial charge on any atom is -0.316 e. The van der Waals surface area contributed by atoms with Crippen LogP contribution in [0.15, 0.2) is 0 Å². The van der Waals surface area contributed by atoms with Crippen molar-refractivity contribution in [3.63, 3.8) is 0 Å². The van der Waals surface area contributed by atoms with E-state index in [0.29, 0.717) is 6.42 Å². The van der Waals surface area contributed by atoms with Gasteiger partial charge in [-0.2, -0.15) is 8.78 Å². The summed E-state index contributed by atoms with van der Waals surface area (Å²) in [6.45, 7) is 1.88. The molecular formula is C14H26F4O. The van der Waals surface area contributed by atoms with Gasteiger partial charge in [0.15, 0.2) is 0 Å². The molecule has 0 amide bonds. The van der Waals surface area contributed by atoms with E-state index >= 15 is 0 Å². The van der Waals surface area contributed by atoms with Crippen molar-refractivity contribution in [2.45, 2.75) is 83.7 Å². The molecule has 0 fully saturated rings. The summed E-state index contributed by atoms with van der Waals surface area (Å²) in [6, 6.07) is 0. The molecule has 0 unspecified atom stereocenters. The molecular weight excluding hydrogens is 260 g/mol. The van der Waals surface area contributed by atoms with E-state index in [1.54, 1.807) is 0 Å². The van der Waals surface area contributed by atoms with Gasteiger partial charge in [0.05, 0.1) is 6.61 Å². The second-order valence-corrected chi connectivity index (χ2v) is 4.89. The van der Waals surface area contributed by atoms with Gasteiger partial charge in [0, 0.05) is 0 Å². The van der Waals surface area contributed by atoms with Crippen LogP contribution in [0.5, 0.6) is 0 Å². The molecule has 0 atom stereocenters. The zero-order valence-electron chi connectivity index (χ0n) is 11.8. The van der Waals surface area contributed by atoms with Gasteiger partial charge in [-0.1, -0.05) is 64.7 Å². The molecule has 0 saturated carbocycles. The fourth-order valence-electron chi connectivity index (χ4n) is 1.86. The van der Waals surface area contributed by atoms with E-state index in [-0.39, 0.29) is 6.61 Å². The Bertz CT molecular complexity index is 198. The quantitative estimate of drug-likeness (QED) is 0.308. The SMILES string of the molecule is CCCCCCCCCCCCOC(F)(F)C(F)F. The molecule has 0 saturated heterocycles. The Hall–Kier alpha value is -0.320. The van der Waals surface area contributed by atoms with Crippen LogP contribution < -0.4 is 0 Å². The molecule has 0 aromatic heterocycles. The number of hydrogen-bond donors (Lipinski definition) is 0. The van der Waals surface area contributed by atoms with Crippen molar-refractivity contribution in [3.8, 4) is 0 Å². The van der Waals surface area contributed by atoms with E-state index in [4.69, 9.17) is 0 Å². The van der Waals surface area contributed by atoms with Crippen LogP contribution in [0.2, 0.25) is 0 Å². The first kappa shape index (κ1) is 18.7. The van der Waals surface area contributed by atoms with Gasteiger partial charge < -0.3 is 4.74 Å². The van der Waals surface area contributed by atoms with Gasteiger partial charge in [0.1, 0.15) is 0 Å². The largest absolute Gasteiger partial charge is 0.416 e. The summed E-state index contributed by atoms with van der Waals surface area (Å²) >= 11 is 0. The van der Waals surface area contributed by atoms with E-state index < -0.39 is 12.5 Å². The third-order valence-corrected chi connectivity index (χ3v) is 3.05. The predicted molar refractivity (Wildman–Crippen MR) is 68.7 cm³/mol. The first-order valence-corrected chi connectivity index (χ1v) is 7.30. The number of hydrogen-bond acceptors (Lipinski definition) is 1. The maximum atomic E-state index is 12.4. The third-order valence-electron chi connectivity index (χ3n) is 3.05. The highest BCUT2D eigenvalue weighted by Crippen LogP contribution is 2.24. The van der Waals surface area contributed by atoms with Crippen molar-refractivity contribution >= 4 is 0 Å². The highest BCUT2D eigenvalue weighted by Gasteiger charge is 2.41. The molecule has 0 aromatic rings. The van der Waals surface area contributed by atoms with E-state index in [0.717, 1.165) is 25.7 Å². The van der Waals surface area contributed by atoms with E-state index in [1.165, 1.54) is 32.1 Å². The van der Waals surface area contributed by atoms with Gasteiger partial charge in [-0.05, 0) is 6.42 Å². The molecule has 0 spiro atoms. The Balaban J connectivity index is 3.19. The van der Waals surface area contributed by atoms with Crippen molar-refractivity contribution in [3.05, 3.63) is 0 Å². The molecule has 0 heterocycles. The lowest BCUT2D eigenvalue weighted by atomic mass is 10.1. The minimum atomic E-state index is -4.29. The Morgan fingerprint density at radius 2 is 1.21 bits per heavy atom. The Morgan fingerprint density at radius 1 is 0.789 bits per heavy atom. The van der Waals surface area contributed by atoms with E-state index in [2.05, 4.69) is 11.7 Å². The maximum absolute atomic E-state index is 12.4. The molecule has 1 nitrogen and oxygen atoms in total. The van der Waals surface area contributed by atoms with Crippen LogP contribution in [0, 0.1) is 0 Å². The van der Waals surface area contributed by atoms with Crippen molar-refractivity contribution in [1.29, 1.82) is 0 Å². The van der Waals surface area contributed by atoms with Crippen molar-refractivity contribution in [2.75, 3.05) is 6.61 Å². The van der Waals surface area contributed by atoms with Crippen LogP contribution in [0.1, 0.15) is 71.1 Å². The summed E-state index contributed by atoms with van der Waals surface area (Å²) in [5, 5.41) is 0. The molecule has 0 aliphatic rings. The van der Waals surface area contributed by atoms with Gasteiger partial charge >= 0.3 is 12.5 Å². The van der Waals surface area contributed by atoms with Gasteiger partial charge in [-0.15, -0.1) is 0 Å². The summed E-state index contributed by atoms with van der Waals surface area (Å²) in [5.74, 6) is 0. The summed E-state index contributed by atoms with van der Waals surface area (Å²) < 4.78 is 52.1. The van der Waals surface area contributed by atoms with Gasteiger partial charge in [0.2, 0.25) is 0 Å². The van der Waals surface area contributed by atoms with Crippen LogP contribution in [0.4, 0.5) is 17.6 Å². The van der Waals surface area contributed by atoms with Gasteiger partial charge in [-0.25, -0.2) is 8.78 Å². The lowest BCUT2D eigenvalue weighted by Gasteiger charge is -2.15. The zero-order valence-corrected chi connectivity index (χ0v) is 11.8. The third kappa shape index (κ3) is 11.2. The highest BCUT2D eigenvalue weighted by molar-refractivity contribution is 4.55. The summed E-state index contributed by atoms with van der Waals surface area (Å²) in [4.78, 5) is 0. The topological polar surface area (TPSA) is 9.23 Å². The van der Waals surface area contributed by atoms with Crippen LogP contribution >= 0.6 is 0 Å². The number of rotatable bonds is 13. The molecule has 0 aliphatic carbocycles. The second kappa shape index (κ2) is 11.5. The van der Waals surface area contributed by atoms with Gasteiger partial charge in [0.25, 0.3) is 0 Å². The van der Waals surface area contributed by atoms with E-state index in [1.807, 2.05) is 0 Å². The molecule has 116 valence electrons. The zero-order chi connectivity index (χ0) is 14.6. The second-order valence-electron chi connectivity index (χ2n) is 4.89. The highest BCUT2D eigenvalue weighted by atomic mass is 19.3. The number of alkyl halides is 4. The molecule has 0 radical (unpaired) electrons. The summed E-state index contributed by atoms with van der Waals surface area (Å²) in [7, 11) is 0. The minimum absolute atomic E-state index is 0.298. The molecule has 5 heteroatoms. The first-order chi connectivity index (χ1) is 9.00. The van der Waals surface area contributed by atoms with Gasteiger partial charge in [-0.3, -0.25) is 0 Å². The van der Waals surface area contributed by atoms with Crippen molar-refractivity contribution < 1.29 is 22.3 Å². The van der Waals surface area contributed by atoms with E-state index in [9.17, 15) is 17.6 Å². The monoisotopic (exact) mass is 286 g/mol. The first-order valence-electron chi connectivity index (χ1n) is 7.30. The fourth-order valence-corrected chi connectivity index (χ4v) is 1.86.